The van der Waals surface area contributed by atoms with Crippen LogP contribution in [0.15, 0.2) is 67.0 Å². The predicted molar refractivity (Wildman–Crippen MR) is 174 cm³/mol. The summed E-state index contributed by atoms with van der Waals surface area (Å²) in [5, 5.41) is 2.91. The summed E-state index contributed by atoms with van der Waals surface area (Å²) in [6.45, 7) is 12.2. The number of carbonyl (C=O) groups excluding carboxylic acids is 4. The van der Waals surface area contributed by atoms with Gasteiger partial charge in [0, 0.05) is 39.2 Å². The van der Waals surface area contributed by atoms with E-state index < -0.39 is 37.3 Å². The van der Waals surface area contributed by atoms with Gasteiger partial charge in [-0.15, -0.1) is 0 Å². The van der Waals surface area contributed by atoms with Crippen molar-refractivity contribution in [2.75, 3.05) is 19.9 Å². The third-order valence-electron chi connectivity index (χ3n) is 7.76. The first-order chi connectivity index (χ1) is 21.6. The Labute approximate surface area is 269 Å². The van der Waals surface area contributed by atoms with Crippen LogP contribution in [0, 0.1) is 0 Å². The van der Waals surface area contributed by atoms with E-state index >= 15 is 0 Å². The molecular weight excluding hydrogens is 604 g/mol. The summed E-state index contributed by atoms with van der Waals surface area (Å²) in [6.07, 6.45) is 2.52. The van der Waals surface area contributed by atoms with Crippen molar-refractivity contribution in [3.05, 3.63) is 83.7 Å². The molecule has 1 saturated heterocycles. The second-order valence-corrected chi connectivity index (χ2v) is 19.4. The van der Waals surface area contributed by atoms with Gasteiger partial charge in [-0.3, -0.25) is 14.6 Å². The first kappa shape index (κ1) is 32.8. The molecular formula is C34H40N4O7Si. The fourth-order valence-corrected chi connectivity index (χ4v) is 6.10. The SMILES string of the molecule is CC(C)(C)OC(=O)Oc1ccc2c(c1)C(=O)N(C[C@@]1(c3ccc(-c4ccncc4)cc3)NC(=O)N(COCC[Si](C)(C)C)C1=O)C2. The second-order valence-electron chi connectivity index (χ2n) is 13.8. The molecule has 12 heteroatoms. The van der Waals surface area contributed by atoms with Crippen LogP contribution < -0.4 is 10.1 Å². The molecule has 1 aromatic heterocycles. The van der Waals surface area contributed by atoms with E-state index in [0.29, 0.717) is 23.3 Å². The van der Waals surface area contributed by atoms with Crippen molar-refractivity contribution in [2.24, 2.45) is 0 Å². The van der Waals surface area contributed by atoms with Gasteiger partial charge in [-0.25, -0.2) is 14.5 Å². The fraction of sp³-hybridized carbons (Fsp3) is 0.382. The van der Waals surface area contributed by atoms with Gasteiger partial charge in [0.1, 0.15) is 18.1 Å². The van der Waals surface area contributed by atoms with E-state index in [4.69, 9.17) is 14.2 Å². The van der Waals surface area contributed by atoms with Crippen molar-refractivity contribution in [2.45, 2.75) is 64.1 Å². The van der Waals surface area contributed by atoms with Gasteiger partial charge in [-0.2, -0.15) is 0 Å². The van der Waals surface area contributed by atoms with E-state index in [-0.39, 0.29) is 31.5 Å². The molecule has 1 fully saturated rings. The van der Waals surface area contributed by atoms with Crippen LogP contribution in [0.3, 0.4) is 0 Å². The third kappa shape index (κ3) is 7.29. The lowest BCUT2D eigenvalue weighted by molar-refractivity contribution is -0.135. The van der Waals surface area contributed by atoms with Crippen molar-refractivity contribution in [1.82, 2.24) is 20.1 Å². The number of benzene rings is 2. The zero-order chi connectivity index (χ0) is 33.3. The highest BCUT2D eigenvalue weighted by atomic mass is 28.3. The number of aromatic nitrogens is 1. The number of pyridine rings is 1. The number of fused-ring (bicyclic) bond motifs is 1. The largest absolute Gasteiger partial charge is 0.514 e. The van der Waals surface area contributed by atoms with Gasteiger partial charge < -0.3 is 24.4 Å². The number of ether oxygens (including phenoxy) is 3. The Hall–Kier alpha value is -4.55. The molecule has 4 amide bonds. The van der Waals surface area contributed by atoms with Crippen molar-refractivity contribution in [3.8, 4) is 16.9 Å². The zero-order valence-corrected chi connectivity index (χ0v) is 28.1. The number of hydrogen-bond acceptors (Lipinski definition) is 8. The molecule has 46 heavy (non-hydrogen) atoms. The Kier molecular flexibility index (Phi) is 9.05. The van der Waals surface area contributed by atoms with Gasteiger partial charge in [-0.05, 0) is 73.3 Å². The third-order valence-corrected chi connectivity index (χ3v) is 9.47. The predicted octanol–water partition coefficient (Wildman–Crippen LogP) is 5.78. The average Bonchev–Trinajstić information content (AvgIpc) is 3.42. The van der Waals surface area contributed by atoms with Gasteiger partial charge in [0.2, 0.25) is 0 Å². The van der Waals surface area contributed by atoms with E-state index in [1.165, 1.54) is 11.0 Å². The number of nitrogens with one attached hydrogen (secondary N) is 1. The molecule has 0 aliphatic carbocycles. The summed E-state index contributed by atoms with van der Waals surface area (Å²) in [4.78, 5) is 60.1. The summed E-state index contributed by atoms with van der Waals surface area (Å²) in [7, 11) is -1.38. The Morgan fingerprint density at radius 1 is 0.978 bits per heavy atom. The van der Waals surface area contributed by atoms with E-state index in [1.54, 1.807) is 57.4 Å². The van der Waals surface area contributed by atoms with Crippen LogP contribution in [0.25, 0.3) is 11.1 Å². The molecule has 0 saturated carbocycles. The summed E-state index contributed by atoms with van der Waals surface area (Å²) in [6, 6.07) is 16.2. The van der Waals surface area contributed by atoms with E-state index in [0.717, 1.165) is 22.1 Å². The smallest absolute Gasteiger partial charge is 0.428 e. The highest BCUT2D eigenvalue weighted by Crippen LogP contribution is 2.36. The zero-order valence-electron chi connectivity index (χ0n) is 27.1. The maximum Gasteiger partial charge on any atom is 0.514 e. The first-order valence-corrected chi connectivity index (χ1v) is 18.9. The Balaban J connectivity index is 1.41. The van der Waals surface area contributed by atoms with Crippen molar-refractivity contribution in [1.29, 1.82) is 0 Å². The molecule has 2 aliphatic heterocycles. The minimum atomic E-state index is -1.55. The lowest BCUT2D eigenvalue weighted by Crippen LogP contribution is -2.53. The molecule has 3 aromatic rings. The number of urea groups is 1. The summed E-state index contributed by atoms with van der Waals surface area (Å²) in [5.74, 6) is -0.694. The summed E-state index contributed by atoms with van der Waals surface area (Å²) < 4.78 is 16.3. The quantitative estimate of drug-likeness (QED) is 0.0968. The van der Waals surface area contributed by atoms with E-state index in [9.17, 15) is 19.2 Å². The van der Waals surface area contributed by atoms with Gasteiger partial charge >= 0.3 is 12.2 Å². The molecule has 1 N–H and O–H groups in total. The Morgan fingerprint density at radius 3 is 2.30 bits per heavy atom. The van der Waals surface area contributed by atoms with Gasteiger partial charge in [0.25, 0.3) is 11.8 Å². The van der Waals surface area contributed by atoms with Crippen LogP contribution in [0.2, 0.25) is 25.7 Å². The van der Waals surface area contributed by atoms with Crippen LogP contribution in [0.4, 0.5) is 9.59 Å². The average molecular weight is 645 g/mol. The fourth-order valence-electron chi connectivity index (χ4n) is 5.35. The number of rotatable bonds is 10. The van der Waals surface area contributed by atoms with Crippen molar-refractivity contribution < 1.29 is 33.4 Å². The lowest BCUT2D eigenvalue weighted by atomic mass is 9.87. The molecule has 0 radical (unpaired) electrons. The molecule has 11 nitrogen and oxygen atoms in total. The first-order valence-electron chi connectivity index (χ1n) is 15.2. The van der Waals surface area contributed by atoms with Crippen molar-refractivity contribution >= 4 is 32.1 Å². The monoisotopic (exact) mass is 644 g/mol. The number of carbonyl (C=O) groups is 4. The maximum absolute atomic E-state index is 14.2. The van der Waals surface area contributed by atoms with Crippen LogP contribution in [-0.4, -0.2) is 72.3 Å². The van der Waals surface area contributed by atoms with Crippen molar-refractivity contribution in [3.63, 3.8) is 0 Å². The van der Waals surface area contributed by atoms with Crippen LogP contribution in [0.1, 0.15) is 42.3 Å². The van der Waals surface area contributed by atoms with Gasteiger partial charge in [-0.1, -0.05) is 50.0 Å². The lowest BCUT2D eigenvalue weighted by Gasteiger charge is -2.32. The molecule has 2 aliphatic rings. The minimum Gasteiger partial charge on any atom is -0.428 e. The normalized spacial score (nSPS) is 18.1. The minimum absolute atomic E-state index is 0.118. The van der Waals surface area contributed by atoms with Crippen LogP contribution in [-0.2, 0) is 26.4 Å². The highest BCUT2D eigenvalue weighted by molar-refractivity contribution is 6.76. The van der Waals surface area contributed by atoms with Crippen LogP contribution >= 0.6 is 0 Å². The molecule has 5 rings (SSSR count). The number of hydrogen-bond donors (Lipinski definition) is 1. The highest BCUT2D eigenvalue weighted by Gasteiger charge is 2.54. The number of amides is 4. The second kappa shape index (κ2) is 12.7. The number of nitrogens with zero attached hydrogens (tertiary/aromatic N) is 3. The summed E-state index contributed by atoms with van der Waals surface area (Å²) in [5.41, 5.74) is 1.14. The summed E-state index contributed by atoms with van der Waals surface area (Å²) >= 11 is 0. The number of imide groups is 1. The van der Waals surface area contributed by atoms with Gasteiger partial charge in [0.15, 0.2) is 5.54 Å². The molecule has 242 valence electrons. The molecule has 1 atom stereocenters. The molecule has 0 spiro atoms. The maximum atomic E-state index is 14.2. The topological polar surface area (TPSA) is 127 Å². The molecule has 0 bridgehead atoms. The van der Waals surface area contributed by atoms with E-state index in [1.807, 2.05) is 24.3 Å². The molecule has 0 unspecified atom stereocenters. The molecule has 3 heterocycles. The van der Waals surface area contributed by atoms with Gasteiger partial charge in [0.05, 0.1) is 6.54 Å². The van der Waals surface area contributed by atoms with Crippen LogP contribution in [0.5, 0.6) is 5.75 Å². The van der Waals surface area contributed by atoms with E-state index in [2.05, 4.69) is 29.9 Å². The molecule has 2 aromatic carbocycles. The standard InChI is InChI=1S/C34H40N4O7Si/c1-33(2,3)45-32(42)44-27-12-9-25-20-37(29(39)28(25)19-27)21-34(26-10-7-23(8-11-26)24-13-15-35-16-14-24)30(40)38(31(41)36-34)22-43-17-18-46(4,5)6/h7-16,19H,17-18,20-22H2,1-6H3,(H,36,41)/t34-/m0/s1. The Bertz CT molecular complexity index is 1630. The Morgan fingerprint density at radius 2 is 1.65 bits per heavy atom.